The summed E-state index contributed by atoms with van der Waals surface area (Å²) in [4.78, 5) is 13.4. The first-order valence-electron chi connectivity index (χ1n) is 13.9. The van der Waals surface area contributed by atoms with E-state index in [9.17, 15) is 9.90 Å². The second kappa shape index (κ2) is 6.86. The summed E-state index contributed by atoms with van der Waals surface area (Å²) in [5.74, 6) is 2.20. The fourth-order valence-electron chi connectivity index (χ4n) is 11.3. The molecule has 10 atom stereocenters. The van der Waals surface area contributed by atoms with E-state index in [-0.39, 0.29) is 27.8 Å². The van der Waals surface area contributed by atoms with Gasteiger partial charge in [0.25, 0.3) is 0 Å². The normalized spacial score (nSPS) is 59.2. The molecule has 0 aromatic heterocycles. The molecular formula is C30H50O2. The van der Waals surface area contributed by atoms with Gasteiger partial charge in [-0.1, -0.05) is 48.5 Å². The molecule has 5 fully saturated rings. The van der Waals surface area contributed by atoms with Crippen LogP contribution in [0.3, 0.4) is 0 Å². The van der Waals surface area contributed by atoms with Crippen molar-refractivity contribution < 1.29 is 9.90 Å². The van der Waals surface area contributed by atoms with Crippen molar-refractivity contribution in [3.05, 3.63) is 0 Å². The number of fused-ring (bicyclic) bond motifs is 7. The summed E-state index contributed by atoms with van der Waals surface area (Å²) >= 11 is 0. The monoisotopic (exact) mass is 442 g/mol. The van der Waals surface area contributed by atoms with Crippen LogP contribution in [-0.2, 0) is 4.79 Å². The molecule has 0 aromatic rings. The first kappa shape index (κ1) is 23.4. The lowest BCUT2D eigenvalue weighted by molar-refractivity contribution is -0.255. The molecule has 5 rings (SSSR count). The summed E-state index contributed by atoms with van der Waals surface area (Å²) < 4.78 is 0. The molecule has 5 aliphatic carbocycles. The highest BCUT2D eigenvalue weighted by Crippen LogP contribution is 2.78. The Labute approximate surface area is 197 Å². The minimum Gasteiger partial charge on any atom is -0.393 e. The average molecular weight is 443 g/mol. The molecule has 5 aliphatic rings. The van der Waals surface area contributed by atoms with E-state index in [2.05, 4.69) is 48.5 Å². The third-order valence-electron chi connectivity index (χ3n) is 13.7. The predicted octanol–water partition coefficient (Wildman–Crippen LogP) is 7.43. The van der Waals surface area contributed by atoms with Crippen LogP contribution in [0.5, 0.6) is 0 Å². The summed E-state index contributed by atoms with van der Waals surface area (Å²) in [6, 6.07) is 0. The fourth-order valence-corrected chi connectivity index (χ4v) is 11.3. The Kier molecular flexibility index (Phi) is 5.01. The van der Waals surface area contributed by atoms with Gasteiger partial charge in [0, 0.05) is 5.41 Å². The molecule has 0 radical (unpaired) electrons. The van der Waals surface area contributed by atoms with E-state index in [0.717, 1.165) is 19.3 Å². The van der Waals surface area contributed by atoms with Crippen LogP contribution in [0.4, 0.5) is 0 Å². The molecule has 2 nitrogen and oxygen atoms in total. The van der Waals surface area contributed by atoms with Crippen LogP contribution in [0.25, 0.3) is 0 Å². The molecule has 2 heteroatoms. The smallest absolute Gasteiger partial charge is 0.126 e. The van der Waals surface area contributed by atoms with E-state index in [1.165, 1.54) is 57.7 Å². The molecule has 0 amide bonds. The van der Waals surface area contributed by atoms with Gasteiger partial charge in [0.05, 0.1) is 6.10 Å². The average Bonchev–Trinajstić information content (AvgIpc) is 2.73. The van der Waals surface area contributed by atoms with Gasteiger partial charge in [-0.05, 0) is 121 Å². The minimum absolute atomic E-state index is 0.136. The minimum atomic E-state index is -0.155. The molecule has 0 unspecified atom stereocenters. The Balaban J connectivity index is 1.58. The van der Waals surface area contributed by atoms with Crippen LogP contribution < -0.4 is 0 Å². The van der Waals surface area contributed by atoms with Gasteiger partial charge < -0.3 is 9.90 Å². The second-order valence-electron chi connectivity index (χ2n) is 15.2. The molecule has 1 N–H and O–H groups in total. The van der Waals surface area contributed by atoms with E-state index >= 15 is 0 Å². The lowest BCUT2D eigenvalue weighted by Crippen LogP contribution is -2.69. The SMILES string of the molecule is C[C@H]1[C@@H](O)CC[C@@H]2[C@]1(C)CC[C@H]1[C@@]2(C)CC[C@@]2(C)[C@@H]3CC(C)(C)CC[C@]3(C)CC[C@]12C=O. The van der Waals surface area contributed by atoms with Crippen molar-refractivity contribution in [1.82, 2.24) is 0 Å². The summed E-state index contributed by atoms with van der Waals surface area (Å²) in [6.07, 6.45) is 14.7. The Morgan fingerprint density at radius 3 is 2.09 bits per heavy atom. The standard InChI is InChI=1S/C30H50O2/c1-20-21(32)8-9-22-27(20,5)11-10-23-28(22,6)15-16-29(7)24-18-25(2,3)12-13-26(24,4)14-17-30(23,29)19-31/h19-24,32H,8-18H2,1-7H3/t20-,21-,22+,23-,24+,26+,27+,28-,29-,30-/m0/s1. The van der Waals surface area contributed by atoms with Gasteiger partial charge in [-0.2, -0.15) is 0 Å². The maximum atomic E-state index is 13.4. The first-order valence-corrected chi connectivity index (χ1v) is 13.9. The van der Waals surface area contributed by atoms with E-state index < -0.39 is 0 Å². The summed E-state index contributed by atoms with van der Waals surface area (Å²) in [5.41, 5.74) is 1.25. The third kappa shape index (κ3) is 2.71. The van der Waals surface area contributed by atoms with Crippen LogP contribution >= 0.6 is 0 Å². The quantitative estimate of drug-likeness (QED) is 0.429. The van der Waals surface area contributed by atoms with Crippen molar-refractivity contribution in [1.29, 1.82) is 0 Å². The molecule has 0 spiro atoms. The number of rotatable bonds is 1. The highest BCUT2D eigenvalue weighted by Gasteiger charge is 2.72. The highest BCUT2D eigenvalue weighted by atomic mass is 16.3. The van der Waals surface area contributed by atoms with Crippen molar-refractivity contribution in [3.8, 4) is 0 Å². The van der Waals surface area contributed by atoms with Gasteiger partial charge in [0.1, 0.15) is 6.29 Å². The zero-order valence-electron chi connectivity index (χ0n) is 22.1. The predicted molar refractivity (Wildman–Crippen MR) is 131 cm³/mol. The second-order valence-corrected chi connectivity index (χ2v) is 15.2. The van der Waals surface area contributed by atoms with Crippen molar-refractivity contribution in [3.63, 3.8) is 0 Å². The van der Waals surface area contributed by atoms with E-state index in [4.69, 9.17) is 0 Å². The Morgan fingerprint density at radius 2 is 1.41 bits per heavy atom. The molecule has 0 bridgehead atoms. The van der Waals surface area contributed by atoms with Gasteiger partial charge in [-0.15, -0.1) is 0 Å². The van der Waals surface area contributed by atoms with E-state index in [1.54, 1.807) is 0 Å². The van der Waals surface area contributed by atoms with Crippen LogP contribution in [0.15, 0.2) is 0 Å². The zero-order valence-corrected chi connectivity index (χ0v) is 22.1. The van der Waals surface area contributed by atoms with Crippen LogP contribution in [0.2, 0.25) is 0 Å². The van der Waals surface area contributed by atoms with Gasteiger partial charge in [-0.3, -0.25) is 0 Å². The maximum absolute atomic E-state index is 13.4. The highest BCUT2D eigenvalue weighted by molar-refractivity contribution is 5.63. The lowest BCUT2D eigenvalue weighted by Gasteiger charge is -2.74. The van der Waals surface area contributed by atoms with Crippen LogP contribution in [-0.4, -0.2) is 17.5 Å². The van der Waals surface area contributed by atoms with Gasteiger partial charge in [0.15, 0.2) is 0 Å². The molecule has 32 heavy (non-hydrogen) atoms. The maximum Gasteiger partial charge on any atom is 0.126 e. The van der Waals surface area contributed by atoms with Crippen molar-refractivity contribution >= 4 is 6.29 Å². The summed E-state index contributed by atoms with van der Waals surface area (Å²) in [5, 5.41) is 10.7. The van der Waals surface area contributed by atoms with Crippen molar-refractivity contribution in [2.75, 3.05) is 0 Å². The molecule has 182 valence electrons. The number of aliphatic hydroxyl groups excluding tert-OH is 1. The van der Waals surface area contributed by atoms with Crippen LogP contribution in [0.1, 0.15) is 119 Å². The van der Waals surface area contributed by atoms with Crippen LogP contribution in [0, 0.1) is 56.2 Å². The molecule has 0 saturated heterocycles. The van der Waals surface area contributed by atoms with E-state index in [1.807, 2.05) is 0 Å². The number of hydrogen-bond donors (Lipinski definition) is 1. The Bertz CT molecular complexity index is 788. The van der Waals surface area contributed by atoms with E-state index in [0.29, 0.717) is 34.5 Å². The zero-order chi connectivity index (χ0) is 23.4. The lowest BCUT2D eigenvalue weighted by atomic mass is 9.30. The molecule has 0 aromatic carbocycles. The largest absolute Gasteiger partial charge is 0.393 e. The number of carbonyl (C=O) groups is 1. The molecular weight excluding hydrogens is 392 g/mol. The topological polar surface area (TPSA) is 37.3 Å². The summed E-state index contributed by atoms with van der Waals surface area (Å²) in [7, 11) is 0. The van der Waals surface area contributed by atoms with Crippen molar-refractivity contribution in [2.24, 2.45) is 56.2 Å². The number of carbonyl (C=O) groups excluding carboxylic acids is 1. The summed E-state index contributed by atoms with van der Waals surface area (Å²) in [6.45, 7) is 17.4. The number of hydrogen-bond acceptors (Lipinski definition) is 2. The van der Waals surface area contributed by atoms with Gasteiger partial charge in [0.2, 0.25) is 0 Å². The van der Waals surface area contributed by atoms with Crippen molar-refractivity contribution in [2.45, 2.75) is 125 Å². The number of aldehydes is 1. The third-order valence-corrected chi connectivity index (χ3v) is 13.7. The first-order chi connectivity index (χ1) is 14.8. The van der Waals surface area contributed by atoms with Gasteiger partial charge in [-0.25, -0.2) is 0 Å². The fraction of sp³-hybridized carbons (Fsp3) is 0.967. The Hall–Kier alpha value is -0.370. The molecule has 0 aliphatic heterocycles. The Morgan fingerprint density at radius 1 is 0.719 bits per heavy atom. The molecule has 5 saturated carbocycles. The van der Waals surface area contributed by atoms with Gasteiger partial charge >= 0.3 is 0 Å². The molecule has 0 heterocycles. The number of aliphatic hydroxyl groups is 1.